The van der Waals surface area contributed by atoms with Crippen LogP contribution in [0.2, 0.25) is 0 Å². The van der Waals surface area contributed by atoms with Crippen molar-refractivity contribution in [2.45, 2.75) is 13.5 Å². The molecule has 0 saturated carbocycles. The molecule has 0 amide bonds. The maximum Gasteiger partial charge on any atom is 0.123 e. The standard InChI is InChI=1S/C14H21NO2/c1-3-9-15(10-11-16)12-13-7-5-6-8-14(13)17-4-2/h3,5-8,16H,1,4,9-12H2,2H3. The monoisotopic (exact) mass is 235 g/mol. The highest BCUT2D eigenvalue weighted by molar-refractivity contribution is 5.33. The molecule has 0 heterocycles. The fraction of sp³-hybridized carbons (Fsp3) is 0.429. The Morgan fingerprint density at radius 3 is 2.82 bits per heavy atom. The smallest absolute Gasteiger partial charge is 0.123 e. The molecule has 94 valence electrons. The lowest BCUT2D eigenvalue weighted by Gasteiger charge is -2.21. The Bertz CT molecular complexity index is 339. The second kappa shape index (κ2) is 7.87. The minimum Gasteiger partial charge on any atom is -0.494 e. The molecule has 1 aromatic rings. The fourth-order valence-corrected chi connectivity index (χ4v) is 1.73. The van der Waals surface area contributed by atoms with E-state index in [-0.39, 0.29) is 6.61 Å². The SMILES string of the molecule is C=CCN(CCO)Cc1ccccc1OCC. The molecular formula is C14H21NO2. The van der Waals surface area contributed by atoms with E-state index in [2.05, 4.69) is 17.5 Å². The van der Waals surface area contributed by atoms with Crippen LogP contribution in [-0.4, -0.2) is 36.3 Å². The Morgan fingerprint density at radius 2 is 2.18 bits per heavy atom. The molecule has 0 fully saturated rings. The average molecular weight is 235 g/mol. The Labute approximate surface area is 103 Å². The van der Waals surface area contributed by atoms with E-state index in [1.165, 1.54) is 0 Å². The van der Waals surface area contributed by atoms with E-state index in [1.54, 1.807) is 0 Å². The van der Waals surface area contributed by atoms with Crippen LogP contribution in [0.25, 0.3) is 0 Å². The lowest BCUT2D eigenvalue weighted by atomic mass is 10.2. The van der Waals surface area contributed by atoms with E-state index in [0.29, 0.717) is 13.2 Å². The highest BCUT2D eigenvalue weighted by Crippen LogP contribution is 2.19. The van der Waals surface area contributed by atoms with Gasteiger partial charge in [0.25, 0.3) is 0 Å². The Balaban J connectivity index is 2.72. The van der Waals surface area contributed by atoms with Gasteiger partial charge >= 0.3 is 0 Å². The maximum absolute atomic E-state index is 9.01. The first-order chi connectivity index (χ1) is 8.31. The van der Waals surface area contributed by atoms with E-state index in [1.807, 2.05) is 31.2 Å². The van der Waals surface area contributed by atoms with Crippen LogP contribution in [0.15, 0.2) is 36.9 Å². The third-order valence-electron chi connectivity index (χ3n) is 2.47. The molecule has 3 heteroatoms. The van der Waals surface area contributed by atoms with Crippen LogP contribution in [0.1, 0.15) is 12.5 Å². The number of nitrogens with zero attached hydrogens (tertiary/aromatic N) is 1. The lowest BCUT2D eigenvalue weighted by Crippen LogP contribution is -2.26. The molecule has 1 rings (SSSR count). The van der Waals surface area contributed by atoms with Crippen molar-refractivity contribution >= 4 is 0 Å². The van der Waals surface area contributed by atoms with Crippen molar-refractivity contribution in [1.29, 1.82) is 0 Å². The van der Waals surface area contributed by atoms with Crippen LogP contribution >= 0.6 is 0 Å². The largest absolute Gasteiger partial charge is 0.494 e. The summed E-state index contributed by atoms with van der Waals surface area (Å²) in [5, 5.41) is 9.01. The van der Waals surface area contributed by atoms with Crippen molar-refractivity contribution in [2.75, 3.05) is 26.3 Å². The highest BCUT2D eigenvalue weighted by Gasteiger charge is 2.07. The molecule has 17 heavy (non-hydrogen) atoms. The number of ether oxygens (including phenoxy) is 1. The summed E-state index contributed by atoms with van der Waals surface area (Å²) in [7, 11) is 0. The summed E-state index contributed by atoms with van der Waals surface area (Å²) in [5.74, 6) is 0.919. The molecule has 0 bridgehead atoms. The van der Waals surface area contributed by atoms with Gasteiger partial charge in [0.05, 0.1) is 13.2 Å². The van der Waals surface area contributed by atoms with Gasteiger partial charge in [0.1, 0.15) is 5.75 Å². The fourth-order valence-electron chi connectivity index (χ4n) is 1.73. The molecule has 0 saturated heterocycles. The van der Waals surface area contributed by atoms with Gasteiger partial charge < -0.3 is 9.84 Å². The number of hydrogen-bond acceptors (Lipinski definition) is 3. The average Bonchev–Trinajstić information content (AvgIpc) is 2.33. The number of rotatable bonds is 8. The topological polar surface area (TPSA) is 32.7 Å². The third-order valence-corrected chi connectivity index (χ3v) is 2.47. The number of aliphatic hydroxyl groups is 1. The molecule has 0 spiro atoms. The summed E-state index contributed by atoms with van der Waals surface area (Å²) in [6.45, 7) is 8.71. The Kier molecular flexibility index (Phi) is 6.37. The number of para-hydroxylation sites is 1. The molecule has 0 atom stereocenters. The van der Waals surface area contributed by atoms with Gasteiger partial charge in [-0.25, -0.2) is 0 Å². The predicted molar refractivity (Wildman–Crippen MR) is 70.2 cm³/mol. The summed E-state index contributed by atoms with van der Waals surface area (Å²) < 4.78 is 5.58. The number of benzene rings is 1. The van der Waals surface area contributed by atoms with Crippen molar-refractivity contribution in [2.24, 2.45) is 0 Å². The second-order valence-corrected chi connectivity index (χ2v) is 3.79. The van der Waals surface area contributed by atoms with Crippen molar-refractivity contribution in [1.82, 2.24) is 4.90 Å². The molecule has 0 aliphatic rings. The summed E-state index contributed by atoms with van der Waals surface area (Å²) >= 11 is 0. The zero-order valence-electron chi connectivity index (χ0n) is 10.4. The molecule has 0 radical (unpaired) electrons. The van der Waals surface area contributed by atoms with Gasteiger partial charge in [-0.1, -0.05) is 24.3 Å². The first-order valence-corrected chi connectivity index (χ1v) is 5.96. The van der Waals surface area contributed by atoms with Crippen LogP contribution in [0, 0.1) is 0 Å². The summed E-state index contributed by atoms with van der Waals surface area (Å²) in [5.41, 5.74) is 1.14. The predicted octanol–water partition coefficient (Wildman–Crippen LogP) is 2.07. The quantitative estimate of drug-likeness (QED) is 0.700. The maximum atomic E-state index is 9.01. The van der Waals surface area contributed by atoms with Gasteiger partial charge in [0.15, 0.2) is 0 Å². The van der Waals surface area contributed by atoms with Crippen molar-refractivity contribution in [3.8, 4) is 5.75 Å². The van der Waals surface area contributed by atoms with Crippen LogP contribution < -0.4 is 4.74 Å². The highest BCUT2D eigenvalue weighted by atomic mass is 16.5. The van der Waals surface area contributed by atoms with E-state index < -0.39 is 0 Å². The molecule has 1 N–H and O–H groups in total. The zero-order chi connectivity index (χ0) is 12.5. The Hall–Kier alpha value is -1.32. The van der Waals surface area contributed by atoms with E-state index in [0.717, 1.165) is 24.4 Å². The van der Waals surface area contributed by atoms with Gasteiger partial charge in [0.2, 0.25) is 0 Å². The van der Waals surface area contributed by atoms with E-state index in [9.17, 15) is 0 Å². The van der Waals surface area contributed by atoms with Gasteiger partial charge in [-0.05, 0) is 13.0 Å². The summed E-state index contributed by atoms with van der Waals surface area (Å²) in [6.07, 6.45) is 1.85. The second-order valence-electron chi connectivity index (χ2n) is 3.79. The molecule has 0 aliphatic carbocycles. The third kappa shape index (κ3) is 4.59. The molecular weight excluding hydrogens is 214 g/mol. The van der Waals surface area contributed by atoms with Gasteiger partial charge in [-0.3, -0.25) is 4.90 Å². The van der Waals surface area contributed by atoms with Crippen molar-refractivity contribution in [3.05, 3.63) is 42.5 Å². The van der Waals surface area contributed by atoms with Crippen LogP contribution in [-0.2, 0) is 6.54 Å². The number of aliphatic hydroxyl groups excluding tert-OH is 1. The summed E-state index contributed by atoms with van der Waals surface area (Å²) in [6, 6.07) is 8.00. The normalized spacial score (nSPS) is 10.5. The first-order valence-electron chi connectivity index (χ1n) is 5.96. The van der Waals surface area contributed by atoms with Gasteiger partial charge in [-0.2, -0.15) is 0 Å². The molecule has 0 aliphatic heterocycles. The minimum absolute atomic E-state index is 0.157. The molecule has 0 aromatic heterocycles. The molecule has 1 aromatic carbocycles. The van der Waals surface area contributed by atoms with Crippen LogP contribution in [0.5, 0.6) is 5.75 Å². The lowest BCUT2D eigenvalue weighted by molar-refractivity contribution is 0.201. The number of hydrogen-bond donors (Lipinski definition) is 1. The van der Waals surface area contributed by atoms with E-state index >= 15 is 0 Å². The van der Waals surface area contributed by atoms with Gasteiger partial charge in [0, 0.05) is 25.2 Å². The van der Waals surface area contributed by atoms with Crippen molar-refractivity contribution in [3.63, 3.8) is 0 Å². The van der Waals surface area contributed by atoms with Crippen LogP contribution in [0.3, 0.4) is 0 Å². The van der Waals surface area contributed by atoms with Gasteiger partial charge in [-0.15, -0.1) is 6.58 Å². The van der Waals surface area contributed by atoms with Crippen LogP contribution in [0.4, 0.5) is 0 Å². The van der Waals surface area contributed by atoms with E-state index in [4.69, 9.17) is 9.84 Å². The van der Waals surface area contributed by atoms with Crippen molar-refractivity contribution < 1.29 is 9.84 Å². The Morgan fingerprint density at radius 1 is 1.41 bits per heavy atom. The zero-order valence-corrected chi connectivity index (χ0v) is 10.4. The summed E-state index contributed by atoms with van der Waals surface area (Å²) in [4.78, 5) is 2.13. The molecule has 3 nitrogen and oxygen atoms in total. The molecule has 0 unspecified atom stereocenters. The minimum atomic E-state index is 0.157. The first kappa shape index (κ1) is 13.7.